The number of hydrogen-bond acceptors (Lipinski definition) is 2. The van der Waals surface area contributed by atoms with Gasteiger partial charge >= 0.3 is 0 Å². The van der Waals surface area contributed by atoms with Crippen molar-refractivity contribution < 1.29 is 4.79 Å². The smallest absolute Gasteiger partial charge is 0.269 e. The van der Waals surface area contributed by atoms with Gasteiger partial charge in [0.25, 0.3) is 5.91 Å². The van der Waals surface area contributed by atoms with Crippen molar-refractivity contribution in [3.8, 4) is 0 Å². The minimum absolute atomic E-state index is 0.331. The lowest BCUT2D eigenvalue weighted by Crippen LogP contribution is -2.12. The van der Waals surface area contributed by atoms with Gasteiger partial charge in [-0.1, -0.05) is 0 Å². The number of nitrogens with two attached hydrogens (primary N) is 1. The standard InChI is InChI=1S/C6H9N3O/c1-3-5(6(7)10)9-4(2)8-3/h1-2H3,(H2,7,10)(H,8,9). The largest absolute Gasteiger partial charge is 0.364 e. The summed E-state index contributed by atoms with van der Waals surface area (Å²) in [5.41, 5.74) is 6.06. The van der Waals surface area contributed by atoms with Crippen molar-refractivity contribution in [1.82, 2.24) is 9.97 Å². The van der Waals surface area contributed by atoms with Gasteiger partial charge < -0.3 is 10.7 Å². The third-order valence-electron chi connectivity index (χ3n) is 1.24. The summed E-state index contributed by atoms with van der Waals surface area (Å²) in [7, 11) is 0. The van der Waals surface area contributed by atoms with Crippen molar-refractivity contribution in [2.24, 2.45) is 5.73 Å². The van der Waals surface area contributed by atoms with E-state index in [9.17, 15) is 4.79 Å². The Hall–Kier alpha value is -1.32. The zero-order valence-electron chi connectivity index (χ0n) is 5.93. The number of imidazole rings is 1. The molecule has 0 saturated carbocycles. The second-order valence-corrected chi connectivity index (χ2v) is 2.16. The lowest BCUT2D eigenvalue weighted by molar-refractivity contribution is 0.0995. The molecule has 0 unspecified atom stereocenters. The molecular weight excluding hydrogens is 130 g/mol. The molecule has 1 heterocycles. The Bertz CT molecular complexity index is 264. The molecule has 1 aromatic rings. The molecule has 0 aliphatic rings. The van der Waals surface area contributed by atoms with Crippen LogP contribution in [0.3, 0.4) is 0 Å². The lowest BCUT2D eigenvalue weighted by atomic mass is 10.3. The zero-order valence-corrected chi connectivity index (χ0v) is 5.93. The Kier molecular flexibility index (Phi) is 1.45. The van der Waals surface area contributed by atoms with E-state index in [2.05, 4.69) is 9.97 Å². The summed E-state index contributed by atoms with van der Waals surface area (Å²) in [5, 5.41) is 0. The van der Waals surface area contributed by atoms with Gasteiger partial charge in [0.15, 0.2) is 0 Å². The molecule has 0 fully saturated rings. The minimum Gasteiger partial charge on any atom is -0.364 e. The molecular formula is C6H9N3O. The van der Waals surface area contributed by atoms with Gasteiger partial charge in [-0.25, -0.2) is 4.98 Å². The highest BCUT2D eigenvalue weighted by Crippen LogP contribution is 2.01. The molecule has 0 atom stereocenters. The molecule has 1 rings (SSSR count). The summed E-state index contributed by atoms with van der Waals surface area (Å²) >= 11 is 0. The van der Waals surface area contributed by atoms with E-state index in [4.69, 9.17) is 5.73 Å². The first kappa shape index (κ1) is 6.80. The second kappa shape index (κ2) is 2.13. The Morgan fingerprint density at radius 2 is 2.20 bits per heavy atom. The summed E-state index contributed by atoms with van der Waals surface area (Å²) < 4.78 is 0. The molecule has 0 aliphatic heterocycles. The highest BCUT2D eigenvalue weighted by Gasteiger charge is 2.07. The number of H-pyrrole nitrogens is 1. The van der Waals surface area contributed by atoms with Crippen molar-refractivity contribution in [1.29, 1.82) is 0 Å². The predicted octanol–water partition coefficient (Wildman–Crippen LogP) is 0.125. The predicted molar refractivity (Wildman–Crippen MR) is 36.6 cm³/mol. The average molecular weight is 139 g/mol. The van der Waals surface area contributed by atoms with Crippen LogP contribution in [-0.4, -0.2) is 15.9 Å². The molecule has 4 heteroatoms. The second-order valence-electron chi connectivity index (χ2n) is 2.16. The van der Waals surface area contributed by atoms with E-state index in [0.29, 0.717) is 11.5 Å². The number of primary amides is 1. The van der Waals surface area contributed by atoms with Crippen LogP contribution >= 0.6 is 0 Å². The normalized spacial score (nSPS) is 9.80. The van der Waals surface area contributed by atoms with Crippen molar-refractivity contribution in [2.75, 3.05) is 0 Å². The SMILES string of the molecule is Cc1nc(C(N)=O)c(C)[nH]1. The maximum Gasteiger partial charge on any atom is 0.269 e. The quantitative estimate of drug-likeness (QED) is 0.580. The number of aromatic amines is 1. The summed E-state index contributed by atoms with van der Waals surface area (Å²) in [6, 6.07) is 0. The molecule has 4 nitrogen and oxygen atoms in total. The van der Waals surface area contributed by atoms with Gasteiger partial charge in [0.2, 0.25) is 0 Å². The van der Waals surface area contributed by atoms with Crippen molar-refractivity contribution in [3.05, 3.63) is 17.2 Å². The lowest BCUT2D eigenvalue weighted by Gasteiger charge is -1.86. The van der Waals surface area contributed by atoms with Gasteiger partial charge in [-0.05, 0) is 13.8 Å². The third kappa shape index (κ3) is 1.00. The van der Waals surface area contributed by atoms with Gasteiger partial charge in [-0.3, -0.25) is 4.79 Å². The van der Waals surface area contributed by atoms with E-state index >= 15 is 0 Å². The topological polar surface area (TPSA) is 71.8 Å². The van der Waals surface area contributed by atoms with Crippen LogP contribution in [0.4, 0.5) is 0 Å². The van der Waals surface area contributed by atoms with Gasteiger partial charge in [0, 0.05) is 5.69 Å². The molecule has 0 aromatic carbocycles. The van der Waals surface area contributed by atoms with E-state index in [0.717, 1.165) is 5.69 Å². The van der Waals surface area contributed by atoms with Gasteiger partial charge in [-0.2, -0.15) is 0 Å². The third-order valence-corrected chi connectivity index (χ3v) is 1.24. The van der Waals surface area contributed by atoms with E-state index in [1.165, 1.54) is 0 Å². The molecule has 0 saturated heterocycles. The van der Waals surface area contributed by atoms with E-state index in [-0.39, 0.29) is 0 Å². The van der Waals surface area contributed by atoms with Crippen LogP contribution in [0.5, 0.6) is 0 Å². The molecule has 0 aliphatic carbocycles. The summed E-state index contributed by atoms with van der Waals surface area (Å²) in [6.45, 7) is 3.54. The summed E-state index contributed by atoms with van der Waals surface area (Å²) in [4.78, 5) is 17.3. The first-order chi connectivity index (χ1) is 4.61. The van der Waals surface area contributed by atoms with Crippen LogP contribution in [0.1, 0.15) is 22.0 Å². The number of rotatable bonds is 1. The Morgan fingerprint density at radius 1 is 1.60 bits per heavy atom. The van der Waals surface area contributed by atoms with Gasteiger partial charge in [0.1, 0.15) is 11.5 Å². The van der Waals surface area contributed by atoms with Crippen LogP contribution < -0.4 is 5.73 Å². The number of aryl methyl sites for hydroxylation is 2. The highest BCUT2D eigenvalue weighted by molar-refractivity contribution is 5.91. The molecule has 1 aromatic heterocycles. The van der Waals surface area contributed by atoms with Crippen LogP contribution in [-0.2, 0) is 0 Å². The van der Waals surface area contributed by atoms with Crippen LogP contribution in [0.2, 0.25) is 0 Å². The fraction of sp³-hybridized carbons (Fsp3) is 0.333. The minimum atomic E-state index is -0.484. The monoisotopic (exact) mass is 139 g/mol. The average Bonchev–Trinajstić information content (AvgIpc) is 2.10. The van der Waals surface area contributed by atoms with Crippen molar-refractivity contribution in [2.45, 2.75) is 13.8 Å². The summed E-state index contributed by atoms with van der Waals surface area (Å²) in [6.07, 6.45) is 0. The molecule has 10 heavy (non-hydrogen) atoms. The van der Waals surface area contributed by atoms with E-state index < -0.39 is 5.91 Å². The Labute approximate surface area is 58.5 Å². The number of amides is 1. The van der Waals surface area contributed by atoms with Crippen molar-refractivity contribution >= 4 is 5.91 Å². The number of carbonyl (C=O) groups is 1. The fourth-order valence-corrected chi connectivity index (χ4v) is 0.850. The van der Waals surface area contributed by atoms with Crippen molar-refractivity contribution in [3.63, 3.8) is 0 Å². The number of nitrogens with zero attached hydrogens (tertiary/aromatic N) is 1. The first-order valence-electron chi connectivity index (χ1n) is 2.94. The summed E-state index contributed by atoms with van der Waals surface area (Å²) in [5.74, 6) is 0.230. The number of hydrogen-bond donors (Lipinski definition) is 2. The Balaban J connectivity index is 3.15. The number of carbonyl (C=O) groups excluding carboxylic acids is 1. The maximum atomic E-state index is 10.6. The van der Waals surface area contributed by atoms with E-state index in [1.807, 2.05) is 0 Å². The maximum absolute atomic E-state index is 10.6. The number of aromatic nitrogens is 2. The zero-order chi connectivity index (χ0) is 7.72. The highest BCUT2D eigenvalue weighted by atomic mass is 16.1. The molecule has 0 spiro atoms. The van der Waals surface area contributed by atoms with Gasteiger partial charge in [0.05, 0.1) is 0 Å². The van der Waals surface area contributed by atoms with Gasteiger partial charge in [-0.15, -0.1) is 0 Å². The van der Waals surface area contributed by atoms with Crippen LogP contribution in [0.25, 0.3) is 0 Å². The fourth-order valence-electron chi connectivity index (χ4n) is 0.850. The van der Waals surface area contributed by atoms with Crippen LogP contribution in [0.15, 0.2) is 0 Å². The molecule has 54 valence electrons. The van der Waals surface area contributed by atoms with E-state index in [1.54, 1.807) is 13.8 Å². The molecule has 1 amide bonds. The Morgan fingerprint density at radius 3 is 2.40 bits per heavy atom. The number of nitrogens with one attached hydrogen (secondary N) is 1. The molecule has 0 radical (unpaired) electrons. The first-order valence-corrected chi connectivity index (χ1v) is 2.94. The van der Waals surface area contributed by atoms with Crippen LogP contribution in [0, 0.1) is 13.8 Å². The molecule has 0 bridgehead atoms. The molecule has 3 N–H and O–H groups in total.